The molecule has 194 valence electrons. The van der Waals surface area contributed by atoms with Crippen LogP contribution in [-0.4, -0.2) is 52.7 Å². The highest BCUT2D eigenvalue weighted by molar-refractivity contribution is 5.95. The summed E-state index contributed by atoms with van der Waals surface area (Å²) in [4.78, 5) is 16.3. The highest BCUT2D eigenvalue weighted by atomic mass is 19.3. The average Bonchev–Trinajstić information content (AvgIpc) is 3.26. The number of carbonyl (C=O) groups excluding carboxylic acids is 1. The van der Waals surface area contributed by atoms with E-state index in [-0.39, 0.29) is 11.9 Å². The Hall–Kier alpha value is -3.57. The van der Waals surface area contributed by atoms with Gasteiger partial charge in [0.15, 0.2) is 5.79 Å². The first kappa shape index (κ1) is 23.8. The maximum atomic E-state index is 13.3. The van der Waals surface area contributed by atoms with E-state index < -0.39 is 30.0 Å². The van der Waals surface area contributed by atoms with Crippen molar-refractivity contribution in [1.82, 2.24) is 14.8 Å². The molecule has 3 fully saturated rings. The van der Waals surface area contributed by atoms with Crippen LogP contribution >= 0.6 is 0 Å². The molecule has 2 aliphatic carbocycles. The lowest BCUT2D eigenvalue weighted by molar-refractivity contribution is -0.242. The summed E-state index contributed by atoms with van der Waals surface area (Å²) in [6.45, 7) is 3.05. The molecule has 9 nitrogen and oxygen atoms in total. The van der Waals surface area contributed by atoms with Crippen LogP contribution in [-0.2, 0) is 14.3 Å². The summed E-state index contributed by atoms with van der Waals surface area (Å²) in [6, 6.07) is 7.37. The third kappa shape index (κ3) is 4.21. The first-order chi connectivity index (χ1) is 17.8. The van der Waals surface area contributed by atoms with Crippen LogP contribution < -0.4 is 15.4 Å². The minimum atomic E-state index is -2.94. The minimum absolute atomic E-state index is 0.0275. The number of benzene rings is 1. The fraction of sp³-hybridized carbons (Fsp3) is 0.423. The summed E-state index contributed by atoms with van der Waals surface area (Å²) in [5, 5.41) is 10.4. The Morgan fingerprint density at radius 2 is 2.00 bits per heavy atom. The Bertz CT molecular complexity index is 1350. The van der Waals surface area contributed by atoms with Crippen molar-refractivity contribution in [1.29, 1.82) is 0 Å². The number of halogens is 2. The van der Waals surface area contributed by atoms with Gasteiger partial charge in [-0.05, 0) is 25.0 Å². The Morgan fingerprint density at radius 1 is 1.22 bits per heavy atom. The molecule has 1 aromatic carbocycles. The van der Waals surface area contributed by atoms with Crippen LogP contribution in [0.4, 0.5) is 26.0 Å². The van der Waals surface area contributed by atoms with Gasteiger partial charge in [0.25, 0.3) is 5.92 Å². The fourth-order valence-electron chi connectivity index (χ4n) is 4.96. The van der Waals surface area contributed by atoms with Gasteiger partial charge < -0.3 is 24.8 Å². The quantitative estimate of drug-likeness (QED) is 0.475. The van der Waals surface area contributed by atoms with Gasteiger partial charge in [-0.3, -0.25) is 9.48 Å². The molecule has 3 aromatic rings. The van der Waals surface area contributed by atoms with Crippen molar-refractivity contribution in [2.24, 2.45) is 5.92 Å². The molecule has 2 saturated carbocycles. The van der Waals surface area contributed by atoms with Crippen molar-refractivity contribution in [3.05, 3.63) is 48.4 Å². The third-order valence-electron chi connectivity index (χ3n) is 7.27. The maximum Gasteiger partial charge on any atom is 0.260 e. The first-order valence-corrected chi connectivity index (χ1v) is 12.2. The van der Waals surface area contributed by atoms with Crippen molar-refractivity contribution >= 4 is 23.1 Å². The van der Waals surface area contributed by atoms with Crippen LogP contribution in [0.3, 0.4) is 0 Å². The monoisotopic (exact) mass is 511 g/mol. The van der Waals surface area contributed by atoms with Gasteiger partial charge >= 0.3 is 0 Å². The standard InChI is InChI=1S/C26H27F2N5O4/c1-15-12-29-22(32-24(34)18-11-25(18,27)28)10-20(15)31-19-5-3-4-17(23(19)35-2)16-13-30-33(14-16)21-6-7-26(21)36-8-9-37-26/h3-5,10,12-14,18,21H,6-9,11H2,1-2H3,(H2,29,31,32,34). The summed E-state index contributed by atoms with van der Waals surface area (Å²) >= 11 is 0. The number of nitrogens with one attached hydrogen (secondary N) is 2. The second-order valence-electron chi connectivity index (χ2n) is 9.68. The number of nitrogens with zero attached hydrogens (tertiary/aromatic N) is 3. The van der Waals surface area contributed by atoms with Crippen LogP contribution in [0.15, 0.2) is 42.9 Å². The number of para-hydroxylation sites is 1. The summed E-state index contributed by atoms with van der Waals surface area (Å²) in [5.41, 5.74) is 3.88. The summed E-state index contributed by atoms with van der Waals surface area (Å²) in [6.07, 6.45) is 6.69. The van der Waals surface area contributed by atoms with E-state index in [1.165, 1.54) is 0 Å². The lowest BCUT2D eigenvalue weighted by atomic mass is 9.85. The van der Waals surface area contributed by atoms with Gasteiger partial charge in [-0.2, -0.15) is 5.10 Å². The summed E-state index contributed by atoms with van der Waals surface area (Å²) in [7, 11) is 1.59. The number of alkyl halides is 2. The number of rotatable bonds is 7. The molecule has 3 heterocycles. The number of hydrogen-bond acceptors (Lipinski definition) is 7. The van der Waals surface area contributed by atoms with E-state index >= 15 is 0 Å². The molecule has 0 bridgehead atoms. The molecule has 1 saturated heterocycles. The van der Waals surface area contributed by atoms with E-state index in [4.69, 9.17) is 14.2 Å². The second kappa shape index (κ2) is 8.77. The molecule has 2 aromatic heterocycles. The average molecular weight is 512 g/mol. The van der Waals surface area contributed by atoms with Gasteiger partial charge in [0.1, 0.15) is 23.5 Å². The molecule has 0 radical (unpaired) electrons. The Balaban J connectivity index is 1.24. The number of methoxy groups -OCH3 is 1. The Kier molecular flexibility index (Phi) is 5.64. The van der Waals surface area contributed by atoms with Gasteiger partial charge in [-0.1, -0.05) is 12.1 Å². The van der Waals surface area contributed by atoms with E-state index in [9.17, 15) is 13.6 Å². The molecule has 2 unspecified atom stereocenters. The summed E-state index contributed by atoms with van der Waals surface area (Å²) in [5.74, 6) is -4.73. The van der Waals surface area contributed by atoms with E-state index in [1.54, 1.807) is 25.6 Å². The second-order valence-corrected chi connectivity index (χ2v) is 9.68. The maximum absolute atomic E-state index is 13.3. The number of pyridine rings is 1. The van der Waals surface area contributed by atoms with Crippen molar-refractivity contribution in [3.63, 3.8) is 0 Å². The van der Waals surface area contributed by atoms with E-state index in [1.807, 2.05) is 36.0 Å². The van der Waals surface area contributed by atoms with Crippen molar-refractivity contribution in [2.75, 3.05) is 31.0 Å². The van der Waals surface area contributed by atoms with Crippen LogP contribution in [0, 0.1) is 12.8 Å². The van der Waals surface area contributed by atoms with E-state index in [0.29, 0.717) is 30.3 Å². The molecule has 37 heavy (non-hydrogen) atoms. The lowest BCUT2D eigenvalue weighted by Gasteiger charge is -2.44. The fourth-order valence-corrected chi connectivity index (χ4v) is 4.96. The van der Waals surface area contributed by atoms with Crippen LogP contribution in [0.25, 0.3) is 11.1 Å². The number of anilines is 3. The highest BCUT2D eigenvalue weighted by Crippen LogP contribution is 2.50. The highest BCUT2D eigenvalue weighted by Gasteiger charge is 2.61. The van der Waals surface area contributed by atoms with Crippen molar-refractivity contribution in [3.8, 4) is 16.9 Å². The molecule has 2 N–H and O–H groups in total. The molecular weight excluding hydrogens is 484 g/mol. The first-order valence-electron chi connectivity index (χ1n) is 12.2. The minimum Gasteiger partial charge on any atom is -0.494 e. The van der Waals surface area contributed by atoms with Gasteiger partial charge in [0, 0.05) is 48.1 Å². The number of carbonyl (C=O) groups is 1. The number of aryl methyl sites for hydroxylation is 1. The molecule has 11 heteroatoms. The Labute approximate surface area is 212 Å². The molecule has 1 amide bonds. The number of ether oxygens (including phenoxy) is 3. The molecule has 1 spiro atoms. The van der Waals surface area contributed by atoms with Crippen LogP contribution in [0.2, 0.25) is 0 Å². The van der Waals surface area contributed by atoms with E-state index in [0.717, 1.165) is 29.5 Å². The number of hydrogen-bond donors (Lipinski definition) is 2. The van der Waals surface area contributed by atoms with Crippen LogP contribution in [0.1, 0.15) is 30.9 Å². The molecule has 2 atom stereocenters. The zero-order valence-electron chi connectivity index (χ0n) is 20.5. The van der Waals surface area contributed by atoms with Crippen LogP contribution in [0.5, 0.6) is 5.75 Å². The predicted molar refractivity (Wildman–Crippen MR) is 131 cm³/mol. The zero-order valence-corrected chi connectivity index (χ0v) is 20.5. The molecular formula is C26H27F2N5O4. The molecule has 1 aliphatic heterocycles. The van der Waals surface area contributed by atoms with E-state index in [2.05, 4.69) is 20.7 Å². The van der Waals surface area contributed by atoms with Gasteiger partial charge in [-0.15, -0.1) is 0 Å². The van der Waals surface area contributed by atoms with Gasteiger partial charge in [-0.25, -0.2) is 13.8 Å². The van der Waals surface area contributed by atoms with Crippen molar-refractivity contribution in [2.45, 2.75) is 43.9 Å². The third-order valence-corrected chi connectivity index (χ3v) is 7.27. The SMILES string of the molecule is COc1c(Nc2cc(NC(=O)C3CC3(F)F)ncc2C)cccc1-c1cnn(C2CCC23OCCO3)c1. The summed E-state index contributed by atoms with van der Waals surface area (Å²) < 4.78 is 46.0. The Morgan fingerprint density at radius 3 is 2.68 bits per heavy atom. The van der Waals surface area contributed by atoms with Gasteiger partial charge in [0.05, 0.1) is 32.2 Å². The van der Waals surface area contributed by atoms with Gasteiger partial charge in [0.2, 0.25) is 5.91 Å². The molecule has 6 rings (SSSR count). The normalized spacial score (nSPS) is 22.9. The predicted octanol–water partition coefficient (Wildman–Crippen LogP) is 4.68. The zero-order chi connectivity index (χ0) is 25.8. The van der Waals surface area contributed by atoms with Crippen molar-refractivity contribution < 1.29 is 27.8 Å². The topological polar surface area (TPSA) is 99.5 Å². The smallest absolute Gasteiger partial charge is 0.260 e. The molecule has 3 aliphatic rings. The largest absolute Gasteiger partial charge is 0.494 e. The number of aromatic nitrogens is 3. The number of amides is 1. The lowest BCUT2D eigenvalue weighted by Crippen LogP contribution is -2.49.